The molecule has 2 aromatic carbocycles. The molecule has 6 nitrogen and oxygen atoms in total. The summed E-state index contributed by atoms with van der Waals surface area (Å²) in [4.78, 5) is 27.3. The van der Waals surface area contributed by atoms with E-state index in [2.05, 4.69) is 33.0 Å². The second-order valence-corrected chi connectivity index (χ2v) is 8.99. The maximum absolute atomic E-state index is 12.8. The lowest BCUT2D eigenvalue weighted by atomic mass is 9.96. The van der Waals surface area contributed by atoms with Crippen LogP contribution in [0.4, 0.5) is 10.5 Å². The van der Waals surface area contributed by atoms with Crippen LogP contribution in [0.2, 0.25) is 0 Å². The molecule has 2 aromatic rings. The number of fused-ring (bicyclic) bond motifs is 1. The van der Waals surface area contributed by atoms with Gasteiger partial charge in [-0.05, 0) is 55.5 Å². The number of rotatable bonds is 5. The highest BCUT2D eigenvalue weighted by Gasteiger charge is 2.28. The normalized spacial score (nSPS) is 19.6. The van der Waals surface area contributed by atoms with E-state index in [0.717, 1.165) is 55.2 Å². The van der Waals surface area contributed by atoms with Gasteiger partial charge in [0.1, 0.15) is 0 Å². The monoisotopic (exact) mass is 422 g/mol. The van der Waals surface area contributed by atoms with Crippen LogP contribution in [0.25, 0.3) is 10.8 Å². The first-order chi connectivity index (χ1) is 15.1. The van der Waals surface area contributed by atoms with E-state index in [-0.39, 0.29) is 24.0 Å². The van der Waals surface area contributed by atoms with Gasteiger partial charge in [0.25, 0.3) is 0 Å². The maximum Gasteiger partial charge on any atom is 0.315 e. The van der Waals surface area contributed by atoms with E-state index in [1.165, 1.54) is 19.3 Å². The Morgan fingerprint density at radius 1 is 0.871 bits per heavy atom. The van der Waals surface area contributed by atoms with Crippen molar-refractivity contribution in [3.63, 3.8) is 0 Å². The average Bonchev–Trinajstić information content (AvgIpc) is 2.79. The third-order valence-electron chi connectivity index (χ3n) is 6.75. The zero-order chi connectivity index (χ0) is 21.6. The molecule has 31 heavy (non-hydrogen) atoms. The first kappa shape index (κ1) is 21.6. The number of hydrogen-bond acceptors (Lipinski definition) is 3. The number of urea groups is 1. The van der Waals surface area contributed by atoms with Crippen molar-refractivity contribution < 1.29 is 9.59 Å². The molecule has 2 aliphatic rings. The van der Waals surface area contributed by atoms with E-state index in [9.17, 15) is 9.59 Å². The van der Waals surface area contributed by atoms with Crippen LogP contribution in [0.5, 0.6) is 0 Å². The predicted molar refractivity (Wildman–Crippen MR) is 125 cm³/mol. The van der Waals surface area contributed by atoms with Crippen LogP contribution in [-0.2, 0) is 4.79 Å². The fraction of sp³-hybridized carbons (Fsp3) is 0.520. The van der Waals surface area contributed by atoms with Gasteiger partial charge < -0.3 is 16.0 Å². The van der Waals surface area contributed by atoms with Crippen molar-refractivity contribution in [1.82, 2.24) is 15.5 Å². The SMILES string of the molecule is CC(C(=O)Nc1ccc2ccccc2c1)N1CCC(NC(=O)NC2CCCCC2)CC1. The average molecular weight is 423 g/mol. The molecule has 6 heteroatoms. The number of anilines is 1. The van der Waals surface area contributed by atoms with Crippen molar-refractivity contribution in [3.8, 4) is 0 Å². The summed E-state index contributed by atoms with van der Waals surface area (Å²) in [6, 6.07) is 14.4. The van der Waals surface area contributed by atoms with E-state index in [4.69, 9.17) is 0 Å². The number of likely N-dealkylation sites (tertiary alicyclic amines) is 1. The van der Waals surface area contributed by atoms with E-state index in [0.29, 0.717) is 6.04 Å². The Kier molecular flexibility index (Phi) is 7.07. The first-order valence-electron chi connectivity index (χ1n) is 11.7. The van der Waals surface area contributed by atoms with Gasteiger partial charge in [-0.3, -0.25) is 9.69 Å². The van der Waals surface area contributed by atoms with E-state index < -0.39 is 0 Å². The molecule has 3 amide bonds. The topological polar surface area (TPSA) is 73.5 Å². The molecule has 2 fully saturated rings. The summed E-state index contributed by atoms with van der Waals surface area (Å²) < 4.78 is 0. The molecule has 1 saturated heterocycles. The van der Waals surface area contributed by atoms with Crippen molar-refractivity contribution in [2.24, 2.45) is 0 Å². The molecule has 1 unspecified atom stereocenters. The van der Waals surface area contributed by atoms with E-state index in [1.807, 2.05) is 37.3 Å². The predicted octanol–water partition coefficient (Wildman–Crippen LogP) is 4.26. The lowest BCUT2D eigenvalue weighted by Gasteiger charge is -2.35. The number of piperidine rings is 1. The van der Waals surface area contributed by atoms with Crippen LogP contribution in [0, 0.1) is 0 Å². The van der Waals surface area contributed by atoms with Gasteiger partial charge in [0, 0.05) is 30.9 Å². The van der Waals surface area contributed by atoms with Crippen LogP contribution < -0.4 is 16.0 Å². The van der Waals surface area contributed by atoms with Crippen molar-refractivity contribution in [2.75, 3.05) is 18.4 Å². The summed E-state index contributed by atoms with van der Waals surface area (Å²) in [5, 5.41) is 11.6. The van der Waals surface area contributed by atoms with Crippen LogP contribution in [0.1, 0.15) is 51.9 Å². The van der Waals surface area contributed by atoms with Crippen LogP contribution in [0.15, 0.2) is 42.5 Å². The Bertz CT molecular complexity index is 901. The zero-order valence-corrected chi connectivity index (χ0v) is 18.4. The number of carbonyl (C=O) groups excluding carboxylic acids is 2. The number of nitrogens with one attached hydrogen (secondary N) is 3. The van der Waals surface area contributed by atoms with Crippen molar-refractivity contribution in [1.29, 1.82) is 0 Å². The van der Waals surface area contributed by atoms with Crippen molar-refractivity contribution >= 4 is 28.4 Å². The summed E-state index contributed by atoms with van der Waals surface area (Å²) >= 11 is 0. The second kappa shape index (κ2) is 10.1. The summed E-state index contributed by atoms with van der Waals surface area (Å²) in [5.74, 6) is 0.0109. The number of hydrogen-bond donors (Lipinski definition) is 3. The minimum atomic E-state index is -0.205. The standard InChI is InChI=1S/C25H34N4O2/c1-18(24(30)26-23-12-11-19-7-5-6-8-20(19)17-23)29-15-13-22(14-16-29)28-25(31)27-21-9-3-2-4-10-21/h5-8,11-12,17-18,21-22H,2-4,9-10,13-16H2,1H3,(H,26,30)(H2,27,28,31). The smallest absolute Gasteiger partial charge is 0.315 e. The molecule has 0 bridgehead atoms. The molecule has 1 aliphatic carbocycles. The quantitative estimate of drug-likeness (QED) is 0.674. The molecule has 3 N–H and O–H groups in total. The van der Waals surface area contributed by atoms with Gasteiger partial charge in [-0.2, -0.15) is 0 Å². The van der Waals surface area contributed by atoms with Gasteiger partial charge in [0.15, 0.2) is 0 Å². The maximum atomic E-state index is 12.8. The number of carbonyl (C=O) groups is 2. The van der Waals surface area contributed by atoms with Gasteiger partial charge in [0.2, 0.25) is 5.91 Å². The van der Waals surface area contributed by atoms with Gasteiger partial charge in [0.05, 0.1) is 6.04 Å². The van der Waals surface area contributed by atoms with Gasteiger partial charge in [-0.15, -0.1) is 0 Å². The summed E-state index contributed by atoms with van der Waals surface area (Å²) in [6.07, 6.45) is 7.62. The zero-order valence-electron chi connectivity index (χ0n) is 18.4. The van der Waals surface area contributed by atoms with Gasteiger partial charge in [-0.1, -0.05) is 49.6 Å². The fourth-order valence-electron chi connectivity index (χ4n) is 4.77. The van der Waals surface area contributed by atoms with Crippen LogP contribution in [-0.4, -0.2) is 48.1 Å². The highest BCUT2D eigenvalue weighted by atomic mass is 16.2. The molecule has 1 saturated carbocycles. The summed E-state index contributed by atoms with van der Waals surface area (Å²) in [5.41, 5.74) is 0.825. The van der Waals surface area contributed by atoms with E-state index >= 15 is 0 Å². The second-order valence-electron chi connectivity index (χ2n) is 8.99. The number of nitrogens with zero attached hydrogens (tertiary/aromatic N) is 1. The molecular weight excluding hydrogens is 388 g/mol. The Morgan fingerprint density at radius 2 is 1.52 bits per heavy atom. The first-order valence-corrected chi connectivity index (χ1v) is 11.7. The Labute approximate surface area is 184 Å². The number of amides is 3. The molecule has 166 valence electrons. The molecule has 1 aliphatic heterocycles. The fourth-order valence-corrected chi connectivity index (χ4v) is 4.77. The minimum absolute atomic E-state index is 0.0109. The van der Waals surface area contributed by atoms with Crippen LogP contribution >= 0.6 is 0 Å². The Hall–Kier alpha value is -2.60. The third-order valence-corrected chi connectivity index (χ3v) is 6.75. The van der Waals surface area contributed by atoms with Crippen LogP contribution in [0.3, 0.4) is 0 Å². The highest BCUT2D eigenvalue weighted by Crippen LogP contribution is 2.20. The molecule has 4 rings (SSSR count). The highest BCUT2D eigenvalue weighted by molar-refractivity contribution is 5.97. The van der Waals surface area contributed by atoms with Crippen molar-refractivity contribution in [3.05, 3.63) is 42.5 Å². The van der Waals surface area contributed by atoms with Gasteiger partial charge >= 0.3 is 6.03 Å². The lowest BCUT2D eigenvalue weighted by molar-refractivity contribution is -0.121. The molecule has 0 radical (unpaired) electrons. The largest absolute Gasteiger partial charge is 0.335 e. The third kappa shape index (κ3) is 5.76. The van der Waals surface area contributed by atoms with Crippen molar-refractivity contribution in [2.45, 2.75) is 70.0 Å². The van der Waals surface area contributed by atoms with E-state index in [1.54, 1.807) is 0 Å². The molecule has 1 heterocycles. The Morgan fingerprint density at radius 3 is 2.23 bits per heavy atom. The molecule has 1 atom stereocenters. The number of benzene rings is 2. The molecular formula is C25H34N4O2. The molecule has 0 spiro atoms. The summed E-state index contributed by atoms with van der Waals surface area (Å²) in [6.45, 7) is 3.57. The lowest BCUT2D eigenvalue weighted by Crippen LogP contribution is -2.53. The Balaban J connectivity index is 1.23. The molecule has 0 aromatic heterocycles. The minimum Gasteiger partial charge on any atom is -0.335 e. The summed E-state index contributed by atoms with van der Waals surface area (Å²) in [7, 11) is 0. The van der Waals surface area contributed by atoms with Gasteiger partial charge in [-0.25, -0.2) is 4.79 Å².